The lowest BCUT2D eigenvalue weighted by Crippen LogP contribution is -2.16. The van der Waals surface area contributed by atoms with Crippen LogP contribution in [0.2, 0.25) is 0 Å². The summed E-state index contributed by atoms with van der Waals surface area (Å²) >= 11 is 3.55. The van der Waals surface area contributed by atoms with Gasteiger partial charge in [0.05, 0.1) is 5.69 Å². The van der Waals surface area contributed by atoms with Crippen molar-refractivity contribution in [2.75, 3.05) is 0 Å². The molecule has 84 valence electrons. The Labute approximate surface area is 100 Å². The number of rotatable bonds is 3. The van der Waals surface area contributed by atoms with Crippen LogP contribution in [0.4, 0.5) is 0 Å². The van der Waals surface area contributed by atoms with Gasteiger partial charge in [-0.25, -0.2) is 4.98 Å². The first-order valence-corrected chi connectivity index (χ1v) is 7.04. The lowest BCUT2D eigenvalue weighted by Gasteiger charge is -2.23. The normalized spacial score (nSPS) is 20.3. The van der Waals surface area contributed by atoms with Crippen LogP contribution in [0.1, 0.15) is 56.2 Å². The summed E-state index contributed by atoms with van der Waals surface area (Å²) in [5, 5.41) is 0.899. The molecule has 1 atom stereocenters. The van der Waals surface area contributed by atoms with Crippen molar-refractivity contribution in [1.82, 2.24) is 9.55 Å². The fourth-order valence-corrected chi connectivity index (χ4v) is 2.99. The minimum absolute atomic E-state index is 0.685. The Kier molecular flexibility index (Phi) is 3.49. The second-order valence-corrected chi connectivity index (χ2v) is 5.00. The molecule has 0 spiro atoms. The molecule has 1 aliphatic rings. The smallest absolute Gasteiger partial charge is 0.109 e. The van der Waals surface area contributed by atoms with Gasteiger partial charge in [-0.1, -0.05) is 29.8 Å². The Morgan fingerprint density at radius 1 is 1.53 bits per heavy atom. The van der Waals surface area contributed by atoms with Gasteiger partial charge in [-0.3, -0.25) is 0 Å². The highest BCUT2D eigenvalue weighted by Gasteiger charge is 2.23. The Balaban J connectivity index is 2.42. The van der Waals surface area contributed by atoms with Gasteiger partial charge < -0.3 is 4.57 Å². The van der Waals surface area contributed by atoms with Crippen molar-refractivity contribution < 1.29 is 0 Å². The van der Waals surface area contributed by atoms with Crippen LogP contribution in [0.3, 0.4) is 0 Å². The third kappa shape index (κ3) is 1.99. The summed E-state index contributed by atoms with van der Waals surface area (Å²) in [6.45, 7) is 5.73. The van der Waals surface area contributed by atoms with E-state index in [1.165, 1.54) is 43.0 Å². The first-order chi connectivity index (χ1) is 7.27. The third-order valence-electron chi connectivity index (χ3n) is 3.25. The van der Waals surface area contributed by atoms with E-state index in [0.29, 0.717) is 5.92 Å². The molecule has 0 fully saturated rings. The number of nitrogens with zero attached hydrogens (tertiary/aromatic N) is 2. The molecule has 1 aliphatic heterocycles. The first kappa shape index (κ1) is 11.2. The number of aromatic nitrogens is 2. The van der Waals surface area contributed by atoms with Crippen LogP contribution in [-0.2, 0) is 18.3 Å². The topological polar surface area (TPSA) is 17.8 Å². The zero-order chi connectivity index (χ0) is 10.8. The summed E-state index contributed by atoms with van der Waals surface area (Å²) in [7, 11) is 0. The van der Waals surface area contributed by atoms with Gasteiger partial charge in [0, 0.05) is 24.0 Å². The van der Waals surface area contributed by atoms with E-state index in [0.717, 1.165) is 11.8 Å². The highest BCUT2D eigenvalue weighted by molar-refractivity contribution is 9.08. The van der Waals surface area contributed by atoms with E-state index in [-0.39, 0.29) is 0 Å². The Bertz CT molecular complexity index is 344. The SMILES string of the molecule is CCCc1nc(CBr)c2n1CCCC2C. The molecule has 0 aliphatic carbocycles. The van der Waals surface area contributed by atoms with Crippen LogP contribution in [0.15, 0.2) is 0 Å². The second-order valence-electron chi connectivity index (χ2n) is 4.44. The Morgan fingerprint density at radius 3 is 3.00 bits per heavy atom. The first-order valence-electron chi connectivity index (χ1n) is 5.92. The van der Waals surface area contributed by atoms with E-state index >= 15 is 0 Å². The molecule has 3 heteroatoms. The molecule has 2 rings (SSSR count). The fraction of sp³-hybridized carbons (Fsp3) is 0.750. The van der Waals surface area contributed by atoms with Crippen molar-refractivity contribution >= 4 is 15.9 Å². The van der Waals surface area contributed by atoms with Gasteiger partial charge >= 0.3 is 0 Å². The molecule has 0 aromatic carbocycles. The summed E-state index contributed by atoms with van der Waals surface area (Å²) < 4.78 is 2.47. The number of hydrogen-bond acceptors (Lipinski definition) is 1. The molecule has 0 saturated heterocycles. The van der Waals surface area contributed by atoms with Crippen molar-refractivity contribution in [1.29, 1.82) is 0 Å². The number of imidazole rings is 1. The van der Waals surface area contributed by atoms with E-state index in [9.17, 15) is 0 Å². The average Bonchev–Trinajstić information content (AvgIpc) is 2.59. The van der Waals surface area contributed by atoms with Crippen LogP contribution in [0.5, 0.6) is 0 Å². The minimum Gasteiger partial charge on any atom is -0.331 e. The number of alkyl halides is 1. The zero-order valence-corrected chi connectivity index (χ0v) is 11.2. The highest BCUT2D eigenvalue weighted by Crippen LogP contribution is 2.31. The maximum Gasteiger partial charge on any atom is 0.109 e. The second kappa shape index (κ2) is 4.69. The Morgan fingerprint density at radius 2 is 2.33 bits per heavy atom. The van der Waals surface area contributed by atoms with Crippen LogP contribution < -0.4 is 0 Å². The van der Waals surface area contributed by atoms with Gasteiger partial charge in [-0.15, -0.1) is 0 Å². The maximum atomic E-state index is 4.77. The molecular weight excluding hydrogens is 252 g/mol. The fourth-order valence-electron chi connectivity index (χ4n) is 2.57. The quantitative estimate of drug-likeness (QED) is 0.768. The number of hydrogen-bond donors (Lipinski definition) is 0. The van der Waals surface area contributed by atoms with Crippen LogP contribution >= 0.6 is 15.9 Å². The molecule has 1 aromatic rings. The van der Waals surface area contributed by atoms with Gasteiger partial charge in [0.25, 0.3) is 0 Å². The van der Waals surface area contributed by atoms with Crippen molar-refractivity contribution in [2.24, 2.45) is 0 Å². The molecule has 0 amide bonds. The van der Waals surface area contributed by atoms with Crippen molar-refractivity contribution in [3.63, 3.8) is 0 Å². The van der Waals surface area contributed by atoms with Crippen LogP contribution in [0, 0.1) is 0 Å². The lowest BCUT2D eigenvalue weighted by atomic mass is 9.97. The van der Waals surface area contributed by atoms with Crippen LogP contribution in [0.25, 0.3) is 0 Å². The molecule has 0 radical (unpaired) electrons. The lowest BCUT2D eigenvalue weighted by molar-refractivity contribution is 0.460. The van der Waals surface area contributed by atoms with Gasteiger partial charge in [0.2, 0.25) is 0 Å². The van der Waals surface area contributed by atoms with Gasteiger partial charge in [0.1, 0.15) is 5.82 Å². The van der Waals surface area contributed by atoms with E-state index in [1.54, 1.807) is 0 Å². The predicted octanol–water partition coefficient (Wildman–Crippen LogP) is 3.63. The molecule has 2 heterocycles. The largest absolute Gasteiger partial charge is 0.331 e. The summed E-state index contributed by atoms with van der Waals surface area (Å²) in [5.41, 5.74) is 2.76. The van der Waals surface area contributed by atoms with E-state index in [4.69, 9.17) is 4.98 Å². The average molecular weight is 271 g/mol. The molecule has 0 saturated carbocycles. The summed E-state index contributed by atoms with van der Waals surface area (Å²) in [6, 6.07) is 0. The van der Waals surface area contributed by atoms with Gasteiger partial charge in [0.15, 0.2) is 0 Å². The summed E-state index contributed by atoms with van der Waals surface area (Å²) in [6.07, 6.45) is 4.93. The number of fused-ring (bicyclic) bond motifs is 1. The zero-order valence-electron chi connectivity index (χ0n) is 9.59. The Hall–Kier alpha value is -0.310. The molecule has 15 heavy (non-hydrogen) atoms. The van der Waals surface area contributed by atoms with Gasteiger partial charge in [-0.2, -0.15) is 0 Å². The number of halogens is 1. The molecule has 0 N–H and O–H groups in total. The summed E-state index contributed by atoms with van der Waals surface area (Å²) in [5.74, 6) is 1.98. The predicted molar refractivity (Wildman–Crippen MR) is 66.5 cm³/mol. The van der Waals surface area contributed by atoms with Crippen molar-refractivity contribution in [3.05, 3.63) is 17.2 Å². The monoisotopic (exact) mass is 270 g/mol. The highest BCUT2D eigenvalue weighted by atomic mass is 79.9. The summed E-state index contributed by atoms with van der Waals surface area (Å²) in [4.78, 5) is 4.77. The maximum absolute atomic E-state index is 4.77. The minimum atomic E-state index is 0.685. The third-order valence-corrected chi connectivity index (χ3v) is 3.78. The molecular formula is C12H19BrN2. The standard InChI is InChI=1S/C12H19BrN2/c1-3-5-11-14-10(8-13)12-9(2)6-4-7-15(11)12/h9H,3-8H2,1-2H3. The van der Waals surface area contributed by atoms with E-state index in [2.05, 4.69) is 34.3 Å². The van der Waals surface area contributed by atoms with Crippen molar-refractivity contribution in [2.45, 2.75) is 57.3 Å². The molecule has 1 unspecified atom stereocenters. The van der Waals surface area contributed by atoms with Crippen LogP contribution in [-0.4, -0.2) is 9.55 Å². The molecule has 1 aromatic heterocycles. The van der Waals surface area contributed by atoms with E-state index in [1.807, 2.05) is 0 Å². The van der Waals surface area contributed by atoms with Gasteiger partial charge in [-0.05, 0) is 25.2 Å². The van der Waals surface area contributed by atoms with E-state index < -0.39 is 0 Å². The number of aryl methyl sites for hydroxylation is 1. The molecule has 0 bridgehead atoms. The molecule has 2 nitrogen and oxygen atoms in total. The van der Waals surface area contributed by atoms with Crippen molar-refractivity contribution in [3.8, 4) is 0 Å².